The molecule has 3 nitrogen and oxygen atoms in total. The summed E-state index contributed by atoms with van der Waals surface area (Å²) in [6.07, 6.45) is 3.37. The second-order valence-corrected chi connectivity index (χ2v) is 4.50. The molecule has 0 aromatic heterocycles. The smallest absolute Gasteiger partial charge is 0.255 e. The molecule has 0 aliphatic carbocycles. The number of likely N-dealkylation sites (tertiary alicyclic amines) is 1. The number of halogens is 1. The van der Waals surface area contributed by atoms with Gasteiger partial charge in [-0.25, -0.2) is 0 Å². The van der Waals surface area contributed by atoms with Crippen LogP contribution in [-0.2, 0) is 0 Å². The number of hydrogen-bond donors (Lipinski definition) is 1. The molecule has 2 N–H and O–H groups in total. The molecule has 86 valence electrons. The predicted molar refractivity (Wildman–Crippen MR) is 65.6 cm³/mol. The van der Waals surface area contributed by atoms with Crippen molar-refractivity contribution in [1.29, 1.82) is 0 Å². The molecule has 1 aliphatic rings. The van der Waals surface area contributed by atoms with E-state index in [0.29, 0.717) is 16.3 Å². The van der Waals surface area contributed by atoms with Crippen LogP contribution in [0, 0.1) is 0 Å². The van der Waals surface area contributed by atoms with E-state index >= 15 is 0 Å². The normalized spacial score (nSPS) is 16.2. The topological polar surface area (TPSA) is 46.3 Å². The molecule has 0 atom stereocenters. The number of carbonyl (C=O) groups excluding carboxylic acids is 1. The quantitative estimate of drug-likeness (QED) is 0.765. The first kappa shape index (κ1) is 11.3. The Morgan fingerprint density at radius 1 is 1.25 bits per heavy atom. The second kappa shape index (κ2) is 4.74. The summed E-state index contributed by atoms with van der Waals surface area (Å²) >= 11 is 6.02. The van der Waals surface area contributed by atoms with Crippen molar-refractivity contribution in [3.05, 3.63) is 28.8 Å². The summed E-state index contributed by atoms with van der Waals surface area (Å²) in [6.45, 7) is 1.67. The first-order valence-electron chi connectivity index (χ1n) is 5.53. The average Bonchev–Trinajstić information content (AvgIpc) is 2.29. The van der Waals surface area contributed by atoms with E-state index in [9.17, 15) is 4.79 Å². The minimum Gasteiger partial charge on any atom is -0.399 e. The van der Waals surface area contributed by atoms with Crippen LogP contribution in [-0.4, -0.2) is 23.9 Å². The average molecular weight is 239 g/mol. The Labute approximate surface area is 100 Å². The minimum absolute atomic E-state index is 0.0182. The van der Waals surface area contributed by atoms with E-state index in [0.717, 1.165) is 25.9 Å². The van der Waals surface area contributed by atoms with Gasteiger partial charge in [0, 0.05) is 18.8 Å². The van der Waals surface area contributed by atoms with Gasteiger partial charge in [0.05, 0.1) is 10.6 Å². The van der Waals surface area contributed by atoms with Crippen molar-refractivity contribution in [2.45, 2.75) is 19.3 Å². The highest BCUT2D eigenvalue weighted by molar-refractivity contribution is 6.34. The van der Waals surface area contributed by atoms with Crippen molar-refractivity contribution in [3.63, 3.8) is 0 Å². The molecule has 0 radical (unpaired) electrons. The fourth-order valence-electron chi connectivity index (χ4n) is 1.97. The van der Waals surface area contributed by atoms with Crippen molar-refractivity contribution >= 4 is 23.2 Å². The fourth-order valence-corrected chi connectivity index (χ4v) is 2.24. The number of nitrogen functional groups attached to an aromatic ring is 1. The molecule has 1 aromatic rings. The van der Waals surface area contributed by atoms with Crippen LogP contribution in [0.3, 0.4) is 0 Å². The van der Waals surface area contributed by atoms with Gasteiger partial charge in [0.2, 0.25) is 0 Å². The van der Waals surface area contributed by atoms with Gasteiger partial charge >= 0.3 is 0 Å². The Kier molecular flexibility index (Phi) is 3.34. The molecule has 1 amide bonds. The standard InChI is InChI=1S/C12H15ClN2O/c13-11-8-9(14)4-5-10(11)12(16)15-6-2-1-3-7-15/h4-5,8H,1-3,6-7,14H2. The molecule has 0 bridgehead atoms. The third kappa shape index (κ3) is 2.30. The van der Waals surface area contributed by atoms with Gasteiger partial charge in [0.15, 0.2) is 0 Å². The van der Waals surface area contributed by atoms with Gasteiger partial charge in [-0.05, 0) is 37.5 Å². The van der Waals surface area contributed by atoms with E-state index in [1.807, 2.05) is 4.90 Å². The minimum atomic E-state index is 0.0182. The lowest BCUT2D eigenvalue weighted by Crippen LogP contribution is -2.35. The van der Waals surface area contributed by atoms with Crippen LogP contribution in [0.25, 0.3) is 0 Å². The molecule has 16 heavy (non-hydrogen) atoms. The maximum Gasteiger partial charge on any atom is 0.255 e. The molecule has 0 unspecified atom stereocenters. The van der Waals surface area contributed by atoms with Crippen LogP contribution in [0.1, 0.15) is 29.6 Å². The predicted octanol–water partition coefficient (Wildman–Crippen LogP) is 2.55. The van der Waals surface area contributed by atoms with Crippen LogP contribution >= 0.6 is 11.6 Å². The molecule has 2 rings (SSSR count). The summed E-state index contributed by atoms with van der Waals surface area (Å²) in [5.41, 5.74) is 6.73. The lowest BCUT2D eigenvalue weighted by atomic mass is 10.1. The number of piperidine rings is 1. The first-order chi connectivity index (χ1) is 7.68. The van der Waals surface area contributed by atoms with Gasteiger partial charge in [0.1, 0.15) is 0 Å². The van der Waals surface area contributed by atoms with E-state index in [1.54, 1.807) is 18.2 Å². The number of nitrogens with zero attached hydrogens (tertiary/aromatic N) is 1. The lowest BCUT2D eigenvalue weighted by Gasteiger charge is -2.27. The van der Waals surface area contributed by atoms with Crippen molar-refractivity contribution in [3.8, 4) is 0 Å². The molecule has 4 heteroatoms. The number of rotatable bonds is 1. The lowest BCUT2D eigenvalue weighted by molar-refractivity contribution is 0.0724. The van der Waals surface area contributed by atoms with Gasteiger partial charge < -0.3 is 10.6 Å². The summed E-state index contributed by atoms with van der Waals surface area (Å²) < 4.78 is 0. The maximum absolute atomic E-state index is 12.1. The SMILES string of the molecule is Nc1ccc(C(=O)N2CCCCC2)c(Cl)c1. The van der Waals surface area contributed by atoms with Crippen LogP contribution < -0.4 is 5.73 Å². The highest BCUT2D eigenvalue weighted by atomic mass is 35.5. The summed E-state index contributed by atoms with van der Waals surface area (Å²) in [4.78, 5) is 14.0. The number of nitrogens with two attached hydrogens (primary N) is 1. The van der Waals surface area contributed by atoms with E-state index in [2.05, 4.69) is 0 Å². The van der Waals surface area contributed by atoms with Crippen LogP contribution in [0.5, 0.6) is 0 Å². The third-order valence-corrected chi connectivity index (χ3v) is 3.18. The Bertz CT molecular complexity index is 400. The molecule has 0 spiro atoms. The molecular formula is C12H15ClN2O. The van der Waals surface area contributed by atoms with Crippen LogP contribution in [0.4, 0.5) is 5.69 Å². The molecule has 0 saturated carbocycles. The Morgan fingerprint density at radius 2 is 1.94 bits per heavy atom. The Morgan fingerprint density at radius 3 is 2.56 bits per heavy atom. The molecule has 1 fully saturated rings. The summed E-state index contributed by atoms with van der Waals surface area (Å²) in [7, 11) is 0. The van der Waals surface area contributed by atoms with E-state index < -0.39 is 0 Å². The Balaban J connectivity index is 2.19. The van der Waals surface area contributed by atoms with Gasteiger partial charge in [-0.1, -0.05) is 11.6 Å². The number of benzene rings is 1. The molecule has 1 aliphatic heterocycles. The third-order valence-electron chi connectivity index (χ3n) is 2.87. The van der Waals surface area contributed by atoms with Crippen LogP contribution in [0.2, 0.25) is 5.02 Å². The molecular weight excluding hydrogens is 224 g/mol. The first-order valence-corrected chi connectivity index (χ1v) is 5.90. The fraction of sp³-hybridized carbons (Fsp3) is 0.417. The number of carbonyl (C=O) groups is 1. The molecule has 1 saturated heterocycles. The highest BCUT2D eigenvalue weighted by Crippen LogP contribution is 2.22. The largest absolute Gasteiger partial charge is 0.399 e. The zero-order chi connectivity index (χ0) is 11.5. The van der Waals surface area contributed by atoms with Gasteiger partial charge in [-0.3, -0.25) is 4.79 Å². The summed E-state index contributed by atoms with van der Waals surface area (Å²) in [5.74, 6) is 0.0182. The summed E-state index contributed by atoms with van der Waals surface area (Å²) in [5, 5.41) is 0.440. The van der Waals surface area contributed by atoms with Gasteiger partial charge in [-0.15, -0.1) is 0 Å². The number of hydrogen-bond acceptors (Lipinski definition) is 2. The molecule has 1 heterocycles. The van der Waals surface area contributed by atoms with E-state index in [-0.39, 0.29) is 5.91 Å². The van der Waals surface area contributed by atoms with Crippen molar-refractivity contribution < 1.29 is 4.79 Å². The van der Waals surface area contributed by atoms with Crippen molar-refractivity contribution in [2.75, 3.05) is 18.8 Å². The monoisotopic (exact) mass is 238 g/mol. The maximum atomic E-state index is 12.1. The Hall–Kier alpha value is -1.22. The number of amides is 1. The van der Waals surface area contributed by atoms with Gasteiger partial charge in [-0.2, -0.15) is 0 Å². The summed E-state index contributed by atoms with van der Waals surface area (Å²) in [6, 6.07) is 5.04. The second-order valence-electron chi connectivity index (χ2n) is 4.09. The van der Waals surface area contributed by atoms with Crippen LogP contribution in [0.15, 0.2) is 18.2 Å². The zero-order valence-corrected chi connectivity index (χ0v) is 9.83. The van der Waals surface area contributed by atoms with E-state index in [4.69, 9.17) is 17.3 Å². The highest BCUT2D eigenvalue weighted by Gasteiger charge is 2.20. The zero-order valence-electron chi connectivity index (χ0n) is 9.08. The number of anilines is 1. The van der Waals surface area contributed by atoms with Gasteiger partial charge in [0.25, 0.3) is 5.91 Å². The van der Waals surface area contributed by atoms with Crippen molar-refractivity contribution in [2.24, 2.45) is 0 Å². The molecule has 1 aromatic carbocycles. The van der Waals surface area contributed by atoms with Crippen molar-refractivity contribution in [1.82, 2.24) is 4.90 Å². The van der Waals surface area contributed by atoms with E-state index in [1.165, 1.54) is 6.42 Å².